The second kappa shape index (κ2) is 9.82. The third-order valence-corrected chi connectivity index (χ3v) is 6.05. The van der Waals surface area contributed by atoms with Crippen LogP contribution in [0.25, 0.3) is 0 Å². The van der Waals surface area contributed by atoms with E-state index in [0.29, 0.717) is 12.1 Å². The van der Waals surface area contributed by atoms with Crippen molar-refractivity contribution in [3.63, 3.8) is 0 Å². The van der Waals surface area contributed by atoms with Crippen molar-refractivity contribution in [2.75, 3.05) is 18.1 Å². The molecular formula is C22H25F3N2O3S. The monoisotopic (exact) mass is 454 g/mol. The van der Waals surface area contributed by atoms with Crippen LogP contribution >= 0.6 is 11.3 Å². The Balaban J connectivity index is 1.79. The number of halogens is 3. The van der Waals surface area contributed by atoms with Crippen LogP contribution in [0.2, 0.25) is 0 Å². The predicted molar refractivity (Wildman–Crippen MR) is 113 cm³/mol. The maximum Gasteiger partial charge on any atom is 0.411 e. The Morgan fingerprint density at radius 2 is 2.00 bits per heavy atom. The van der Waals surface area contributed by atoms with E-state index in [1.54, 1.807) is 11.8 Å². The van der Waals surface area contributed by atoms with Crippen LogP contribution in [0.5, 0.6) is 0 Å². The van der Waals surface area contributed by atoms with E-state index in [9.17, 15) is 22.8 Å². The van der Waals surface area contributed by atoms with Gasteiger partial charge in [0.25, 0.3) is 0 Å². The molecule has 1 N–H and O–H groups in total. The quantitative estimate of drug-likeness (QED) is 0.664. The fraction of sp³-hybridized carbons (Fsp3) is 0.455. The first-order valence-electron chi connectivity index (χ1n) is 10.0. The highest BCUT2D eigenvalue weighted by atomic mass is 32.1. The van der Waals surface area contributed by atoms with Gasteiger partial charge in [-0.3, -0.25) is 9.59 Å². The molecule has 1 aromatic heterocycles. The lowest BCUT2D eigenvalue weighted by atomic mass is 9.86. The maximum absolute atomic E-state index is 13.1. The minimum Gasteiger partial charge on any atom is -0.370 e. The maximum atomic E-state index is 13.1. The zero-order valence-corrected chi connectivity index (χ0v) is 18.1. The number of thiophene rings is 1. The Kier molecular flexibility index (Phi) is 7.38. The van der Waals surface area contributed by atoms with Gasteiger partial charge < -0.3 is 15.0 Å². The molecule has 2 aromatic rings. The zero-order chi connectivity index (χ0) is 22.6. The fourth-order valence-corrected chi connectivity index (χ4v) is 4.59. The van der Waals surface area contributed by atoms with Crippen LogP contribution < -0.4 is 10.2 Å². The Bertz CT molecular complexity index is 884. The molecule has 168 valence electrons. The van der Waals surface area contributed by atoms with Crippen molar-refractivity contribution >= 4 is 28.8 Å². The molecule has 2 heterocycles. The zero-order valence-electron chi connectivity index (χ0n) is 17.3. The van der Waals surface area contributed by atoms with Crippen LogP contribution in [0.15, 0.2) is 41.8 Å². The van der Waals surface area contributed by atoms with Gasteiger partial charge in [-0.1, -0.05) is 23.8 Å². The van der Waals surface area contributed by atoms with E-state index in [0.717, 1.165) is 10.4 Å². The van der Waals surface area contributed by atoms with Crippen LogP contribution in [0, 0.1) is 12.8 Å². The van der Waals surface area contributed by atoms with Gasteiger partial charge in [-0.05, 0) is 43.8 Å². The van der Waals surface area contributed by atoms with Gasteiger partial charge in [-0.25, -0.2) is 0 Å². The number of amides is 2. The predicted octanol–water partition coefficient (Wildman–Crippen LogP) is 4.62. The summed E-state index contributed by atoms with van der Waals surface area (Å²) in [5.74, 6) is -0.887. The lowest BCUT2D eigenvalue weighted by Gasteiger charge is -2.40. The summed E-state index contributed by atoms with van der Waals surface area (Å²) in [5, 5.41) is 4.65. The SMILES string of the molecule is Cc1ccc(N2C(=O)CCC(C(=O)NC(C)COCC(F)(F)F)C2c2cccs2)cc1. The molecule has 3 atom stereocenters. The van der Waals surface area contributed by atoms with Crippen molar-refractivity contribution in [3.8, 4) is 0 Å². The highest BCUT2D eigenvalue weighted by molar-refractivity contribution is 7.10. The van der Waals surface area contributed by atoms with Gasteiger partial charge >= 0.3 is 6.18 Å². The van der Waals surface area contributed by atoms with Gasteiger partial charge in [0.1, 0.15) is 6.61 Å². The molecule has 0 saturated carbocycles. The third-order valence-electron chi connectivity index (χ3n) is 5.10. The van der Waals surface area contributed by atoms with Gasteiger partial charge in [0, 0.05) is 23.0 Å². The topological polar surface area (TPSA) is 58.6 Å². The second-order valence-electron chi connectivity index (χ2n) is 7.74. The Morgan fingerprint density at radius 3 is 2.61 bits per heavy atom. The van der Waals surface area contributed by atoms with Gasteiger partial charge in [0.15, 0.2) is 0 Å². The largest absolute Gasteiger partial charge is 0.411 e. The molecule has 1 aliphatic rings. The average Bonchev–Trinajstić information content (AvgIpc) is 3.22. The van der Waals surface area contributed by atoms with Gasteiger partial charge in [-0.2, -0.15) is 13.2 Å². The minimum atomic E-state index is -4.41. The molecule has 3 rings (SSSR count). The van der Waals surface area contributed by atoms with Crippen molar-refractivity contribution in [2.24, 2.45) is 5.92 Å². The molecular weight excluding hydrogens is 429 g/mol. The molecule has 1 aliphatic heterocycles. The number of piperidine rings is 1. The Morgan fingerprint density at radius 1 is 1.29 bits per heavy atom. The molecule has 0 spiro atoms. The number of nitrogens with one attached hydrogen (secondary N) is 1. The lowest BCUT2D eigenvalue weighted by molar-refractivity contribution is -0.175. The molecule has 2 amide bonds. The number of hydrogen-bond acceptors (Lipinski definition) is 4. The number of ether oxygens (including phenoxy) is 1. The van der Waals surface area contributed by atoms with Crippen molar-refractivity contribution in [2.45, 2.75) is 44.9 Å². The fourth-order valence-electron chi connectivity index (χ4n) is 3.70. The smallest absolute Gasteiger partial charge is 0.370 e. The summed E-state index contributed by atoms with van der Waals surface area (Å²) in [6.07, 6.45) is -3.83. The summed E-state index contributed by atoms with van der Waals surface area (Å²) in [4.78, 5) is 28.5. The van der Waals surface area contributed by atoms with Crippen LogP contribution in [-0.2, 0) is 14.3 Å². The highest BCUT2D eigenvalue weighted by Crippen LogP contribution is 2.41. The van der Waals surface area contributed by atoms with E-state index >= 15 is 0 Å². The van der Waals surface area contributed by atoms with Crippen molar-refractivity contribution in [3.05, 3.63) is 52.2 Å². The lowest BCUT2D eigenvalue weighted by Crippen LogP contribution is -2.50. The molecule has 0 radical (unpaired) electrons. The Hall–Kier alpha value is -2.39. The number of carbonyl (C=O) groups is 2. The molecule has 1 aromatic carbocycles. The molecule has 0 aliphatic carbocycles. The number of hydrogen-bond donors (Lipinski definition) is 1. The first-order chi connectivity index (χ1) is 14.7. The molecule has 9 heteroatoms. The minimum absolute atomic E-state index is 0.0622. The third kappa shape index (κ3) is 6.07. The van der Waals surface area contributed by atoms with E-state index in [1.165, 1.54) is 11.3 Å². The molecule has 3 unspecified atom stereocenters. The van der Waals surface area contributed by atoms with E-state index in [2.05, 4.69) is 10.1 Å². The van der Waals surface area contributed by atoms with Crippen molar-refractivity contribution in [1.82, 2.24) is 5.32 Å². The molecule has 0 bridgehead atoms. The van der Waals surface area contributed by atoms with Gasteiger partial charge in [-0.15, -0.1) is 11.3 Å². The van der Waals surface area contributed by atoms with Crippen molar-refractivity contribution < 1.29 is 27.5 Å². The molecule has 31 heavy (non-hydrogen) atoms. The van der Waals surface area contributed by atoms with E-state index in [1.807, 2.05) is 48.7 Å². The summed E-state index contributed by atoms with van der Waals surface area (Å²) in [6.45, 7) is 1.95. The number of benzene rings is 1. The summed E-state index contributed by atoms with van der Waals surface area (Å²) in [6, 6.07) is 10.2. The van der Waals surface area contributed by atoms with Crippen LogP contribution in [0.1, 0.15) is 36.2 Å². The first kappa shape index (κ1) is 23.3. The second-order valence-corrected chi connectivity index (χ2v) is 8.72. The number of anilines is 1. The summed E-state index contributed by atoms with van der Waals surface area (Å²) < 4.78 is 41.5. The van der Waals surface area contributed by atoms with Crippen LogP contribution in [-0.4, -0.2) is 37.2 Å². The van der Waals surface area contributed by atoms with E-state index < -0.39 is 30.8 Å². The normalized spacial score (nSPS) is 20.5. The van der Waals surface area contributed by atoms with Crippen LogP contribution in [0.3, 0.4) is 0 Å². The summed E-state index contributed by atoms with van der Waals surface area (Å²) in [5.41, 5.74) is 1.77. The summed E-state index contributed by atoms with van der Waals surface area (Å²) in [7, 11) is 0. The van der Waals surface area contributed by atoms with Gasteiger partial charge in [0.05, 0.1) is 18.6 Å². The molecule has 5 nitrogen and oxygen atoms in total. The number of aryl methyl sites for hydroxylation is 1. The number of carbonyl (C=O) groups excluding carboxylic acids is 2. The molecule has 1 saturated heterocycles. The number of alkyl halides is 3. The number of nitrogens with zero attached hydrogens (tertiary/aromatic N) is 1. The van der Waals surface area contributed by atoms with E-state index in [-0.39, 0.29) is 24.8 Å². The molecule has 1 fully saturated rings. The van der Waals surface area contributed by atoms with Crippen molar-refractivity contribution in [1.29, 1.82) is 0 Å². The first-order valence-corrected chi connectivity index (χ1v) is 10.9. The number of rotatable bonds is 7. The van der Waals surface area contributed by atoms with E-state index in [4.69, 9.17) is 0 Å². The van der Waals surface area contributed by atoms with Gasteiger partial charge in [0.2, 0.25) is 11.8 Å². The summed E-state index contributed by atoms with van der Waals surface area (Å²) >= 11 is 1.47. The van der Waals surface area contributed by atoms with Crippen LogP contribution in [0.4, 0.5) is 18.9 Å². The Labute approximate surface area is 183 Å². The highest BCUT2D eigenvalue weighted by Gasteiger charge is 2.42. The standard InChI is InChI=1S/C22H25F3N2O3S/c1-14-5-7-16(8-6-14)27-19(28)10-9-17(20(27)18-4-3-11-31-18)21(29)26-15(2)12-30-13-22(23,24)25/h3-8,11,15,17,20H,9-10,12-13H2,1-2H3,(H,26,29). The average molecular weight is 455 g/mol.